The molecule has 0 saturated carbocycles. The normalized spacial score (nSPS) is 18.5. The molecular formula is C16H22N2O2S. The molecule has 1 aliphatic rings. The maximum absolute atomic E-state index is 12.4. The molecule has 1 unspecified atom stereocenters. The number of amides is 1. The van der Waals surface area contributed by atoms with Crippen LogP contribution in [0.4, 0.5) is 0 Å². The lowest BCUT2D eigenvalue weighted by molar-refractivity contribution is -0.132. The van der Waals surface area contributed by atoms with E-state index in [9.17, 15) is 4.79 Å². The summed E-state index contributed by atoms with van der Waals surface area (Å²) in [6, 6.07) is 7.58. The molecule has 0 aromatic heterocycles. The number of rotatable bonds is 5. The summed E-state index contributed by atoms with van der Waals surface area (Å²) in [5, 5.41) is 0. The van der Waals surface area contributed by atoms with Gasteiger partial charge >= 0.3 is 0 Å². The number of ether oxygens (including phenoxy) is 1. The van der Waals surface area contributed by atoms with Gasteiger partial charge in [-0.25, -0.2) is 0 Å². The fraction of sp³-hybridized carbons (Fsp3) is 0.500. The summed E-state index contributed by atoms with van der Waals surface area (Å²) in [6.45, 7) is 2.38. The summed E-state index contributed by atoms with van der Waals surface area (Å²) in [7, 11) is 1.71. The number of likely N-dealkylation sites (tertiary alicyclic amines) is 1. The van der Waals surface area contributed by atoms with E-state index in [0.717, 1.165) is 43.7 Å². The van der Waals surface area contributed by atoms with E-state index in [1.165, 1.54) is 0 Å². The number of carbonyl (C=O) groups is 1. The third-order valence-corrected chi connectivity index (χ3v) is 4.10. The molecule has 1 aromatic rings. The number of piperidine rings is 1. The molecule has 1 aliphatic heterocycles. The maximum Gasteiger partial charge on any atom is 0.226 e. The van der Waals surface area contributed by atoms with Crippen LogP contribution in [-0.4, -0.2) is 42.6 Å². The molecule has 1 aromatic carbocycles. The Morgan fingerprint density at radius 2 is 2.14 bits per heavy atom. The first-order valence-corrected chi connectivity index (χ1v) is 7.66. The third-order valence-electron chi connectivity index (χ3n) is 3.87. The quantitative estimate of drug-likeness (QED) is 0.842. The number of hydrogen-bond donors (Lipinski definition) is 1. The smallest absolute Gasteiger partial charge is 0.226 e. The second-order valence-electron chi connectivity index (χ2n) is 5.54. The molecule has 2 rings (SSSR count). The highest BCUT2D eigenvalue weighted by molar-refractivity contribution is 7.80. The van der Waals surface area contributed by atoms with Gasteiger partial charge in [0.2, 0.25) is 5.91 Å². The Morgan fingerprint density at radius 3 is 2.76 bits per heavy atom. The highest BCUT2D eigenvalue weighted by atomic mass is 32.1. The molecule has 1 heterocycles. The average Bonchev–Trinajstić information content (AvgIpc) is 2.48. The van der Waals surface area contributed by atoms with Crippen molar-refractivity contribution in [3.8, 4) is 0 Å². The van der Waals surface area contributed by atoms with Crippen LogP contribution in [0.25, 0.3) is 0 Å². The van der Waals surface area contributed by atoms with Crippen molar-refractivity contribution in [3.05, 3.63) is 35.4 Å². The van der Waals surface area contributed by atoms with Crippen molar-refractivity contribution in [2.75, 3.05) is 26.8 Å². The summed E-state index contributed by atoms with van der Waals surface area (Å²) < 4.78 is 5.20. The van der Waals surface area contributed by atoms with Gasteiger partial charge in [-0.05, 0) is 24.3 Å². The minimum atomic E-state index is 0.180. The van der Waals surface area contributed by atoms with Crippen molar-refractivity contribution < 1.29 is 9.53 Å². The number of carbonyl (C=O) groups excluding carboxylic acids is 1. The summed E-state index contributed by atoms with van der Waals surface area (Å²) >= 11 is 4.92. The van der Waals surface area contributed by atoms with Gasteiger partial charge in [0.05, 0.1) is 13.0 Å². The van der Waals surface area contributed by atoms with Crippen LogP contribution in [0.5, 0.6) is 0 Å². The fourth-order valence-corrected chi connectivity index (χ4v) is 2.87. The molecule has 0 radical (unpaired) electrons. The fourth-order valence-electron chi connectivity index (χ4n) is 2.74. The Bertz CT molecular complexity index is 500. The molecule has 4 nitrogen and oxygen atoms in total. The van der Waals surface area contributed by atoms with Gasteiger partial charge in [-0.2, -0.15) is 0 Å². The number of thiocarbonyl (C=S) groups is 1. The lowest BCUT2D eigenvalue weighted by Crippen LogP contribution is -2.41. The molecule has 0 spiro atoms. The van der Waals surface area contributed by atoms with Crippen LogP contribution >= 0.6 is 12.2 Å². The summed E-state index contributed by atoms with van der Waals surface area (Å²) in [5.74, 6) is 0.642. The SMILES string of the molecule is COCC1CCCN(C(=O)Cc2ccc(C(N)=S)cc2)C1. The summed E-state index contributed by atoms with van der Waals surface area (Å²) in [6.07, 6.45) is 2.62. The van der Waals surface area contributed by atoms with Crippen molar-refractivity contribution in [3.63, 3.8) is 0 Å². The van der Waals surface area contributed by atoms with E-state index < -0.39 is 0 Å². The Hall–Kier alpha value is -1.46. The van der Waals surface area contributed by atoms with E-state index in [1.54, 1.807) is 7.11 Å². The summed E-state index contributed by atoms with van der Waals surface area (Å²) in [5.41, 5.74) is 7.40. The van der Waals surface area contributed by atoms with Crippen molar-refractivity contribution in [1.82, 2.24) is 4.90 Å². The van der Waals surface area contributed by atoms with E-state index in [4.69, 9.17) is 22.7 Å². The van der Waals surface area contributed by atoms with Crippen molar-refractivity contribution in [2.45, 2.75) is 19.3 Å². The lowest BCUT2D eigenvalue weighted by atomic mass is 9.98. The Balaban J connectivity index is 1.92. The molecule has 0 aliphatic carbocycles. The standard InChI is InChI=1S/C16H22N2O2S/c1-20-11-13-3-2-8-18(10-13)15(19)9-12-4-6-14(7-5-12)16(17)21/h4-7,13H,2-3,8-11H2,1H3,(H2,17,21). The van der Waals surface area contributed by atoms with E-state index >= 15 is 0 Å². The van der Waals surface area contributed by atoms with Crippen molar-refractivity contribution in [2.24, 2.45) is 11.7 Å². The average molecular weight is 306 g/mol. The van der Waals surface area contributed by atoms with Gasteiger partial charge in [-0.1, -0.05) is 36.5 Å². The monoisotopic (exact) mass is 306 g/mol. The van der Waals surface area contributed by atoms with Crippen LogP contribution in [0.15, 0.2) is 24.3 Å². The zero-order valence-corrected chi connectivity index (χ0v) is 13.2. The molecule has 114 valence electrons. The second-order valence-corrected chi connectivity index (χ2v) is 5.98. The molecule has 1 amide bonds. The van der Waals surface area contributed by atoms with Crippen LogP contribution in [0.3, 0.4) is 0 Å². The molecule has 1 atom stereocenters. The molecule has 1 fully saturated rings. The van der Waals surface area contributed by atoms with Crippen LogP contribution in [0.1, 0.15) is 24.0 Å². The van der Waals surface area contributed by atoms with Crippen molar-refractivity contribution in [1.29, 1.82) is 0 Å². The zero-order valence-electron chi connectivity index (χ0n) is 12.4. The van der Waals surface area contributed by atoms with Gasteiger partial charge in [-0.15, -0.1) is 0 Å². The van der Waals surface area contributed by atoms with Crippen LogP contribution in [-0.2, 0) is 16.0 Å². The summed E-state index contributed by atoms with van der Waals surface area (Å²) in [4.78, 5) is 14.7. The number of benzene rings is 1. The zero-order chi connectivity index (χ0) is 15.2. The van der Waals surface area contributed by atoms with E-state index in [-0.39, 0.29) is 5.91 Å². The van der Waals surface area contributed by atoms with Crippen LogP contribution in [0, 0.1) is 5.92 Å². The van der Waals surface area contributed by atoms with Gasteiger partial charge in [0.25, 0.3) is 0 Å². The highest BCUT2D eigenvalue weighted by Gasteiger charge is 2.23. The number of hydrogen-bond acceptors (Lipinski definition) is 3. The predicted octanol–water partition coefficient (Wildman–Crippen LogP) is 1.75. The predicted molar refractivity (Wildman–Crippen MR) is 87.2 cm³/mol. The highest BCUT2D eigenvalue weighted by Crippen LogP contribution is 2.18. The molecule has 5 heteroatoms. The first-order chi connectivity index (χ1) is 10.1. The van der Waals surface area contributed by atoms with Gasteiger partial charge in [-0.3, -0.25) is 4.79 Å². The molecular weight excluding hydrogens is 284 g/mol. The van der Waals surface area contributed by atoms with Gasteiger partial charge in [0.15, 0.2) is 0 Å². The first-order valence-electron chi connectivity index (χ1n) is 7.25. The van der Waals surface area contributed by atoms with Gasteiger partial charge < -0.3 is 15.4 Å². The minimum Gasteiger partial charge on any atom is -0.389 e. The van der Waals surface area contributed by atoms with Crippen LogP contribution in [0.2, 0.25) is 0 Å². The van der Waals surface area contributed by atoms with Gasteiger partial charge in [0.1, 0.15) is 4.99 Å². The first kappa shape index (κ1) is 15.9. The third kappa shape index (κ3) is 4.51. The molecule has 0 bridgehead atoms. The molecule has 1 saturated heterocycles. The lowest BCUT2D eigenvalue weighted by Gasteiger charge is -2.32. The maximum atomic E-state index is 12.4. The van der Waals surface area contributed by atoms with E-state index in [1.807, 2.05) is 29.2 Å². The van der Waals surface area contributed by atoms with Crippen molar-refractivity contribution >= 4 is 23.1 Å². The number of nitrogens with zero attached hydrogens (tertiary/aromatic N) is 1. The van der Waals surface area contributed by atoms with Gasteiger partial charge in [0, 0.05) is 25.8 Å². The second kappa shape index (κ2) is 7.52. The molecule has 21 heavy (non-hydrogen) atoms. The Kier molecular flexibility index (Phi) is 5.70. The Morgan fingerprint density at radius 1 is 1.43 bits per heavy atom. The van der Waals surface area contributed by atoms with Crippen LogP contribution < -0.4 is 5.73 Å². The molecule has 2 N–H and O–H groups in total. The number of methoxy groups -OCH3 is 1. The minimum absolute atomic E-state index is 0.180. The largest absolute Gasteiger partial charge is 0.389 e. The topological polar surface area (TPSA) is 55.6 Å². The van der Waals surface area contributed by atoms with E-state index in [0.29, 0.717) is 17.3 Å². The van der Waals surface area contributed by atoms with E-state index in [2.05, 4.69) is 0 Å². The number of nitrogens with two attached hydrogens (primary N) is 1. The Labute approximate surface area is 131 Å².